The zero-order chi connectivity index (χ0) is 13.0. The number of aliphatic hydroxyl groups excluding tert-OH is 1. The normalized spacial score (nSPS) is 25.1. The molecule has 0 saturated heterocycles. The third-order valence-electron chi connectivity index (χ3n) is 2.49. The van der Waals surface area contributed by atoms with Gasteiger partial charge < -0.3 is 29.6 Å². The molecule has 0 amide bonds. The van der Waals surface area contributed by atoms with Gasteiger partial charge in [-0.1, -0.05) is 0 Å². The standard InChI is InChI=1S/C11H14O6/c1-2-7(11(15)16)17-8-5-3-4-6(9(8)12)10(13)14/h2,5-6,9,12H,3-4H2,1H3,(H,13,14)(H,15,16)/p-2/b7-2-/t6-,9+/m1/s1. The van der Waals surface area contributed by atoms with Crippen molar-refractivity contribution in [3.8, 4) is 0 Å². The maximum absolute atomic E-state index is 10.7. The summed E-state index contributed by atoms with van der Waals surface area (Å²) in [6.45, 7) is 1.43. The summed E-state index contributed by atoms with van der Waals surface area (Å²) < 4.78 is 4.91. The van der Waals surface area contributed by atoms with Crippen LogP contribution in [0.4, 0.5) is 0 Å². The molecule has 2 atom stereocenters. The quantitative estimate of drug-likeness (QED) is 0.452. The first-order valence-electron chi connectivity index (χ1n) is 5.11. The molecular formula is C11H12O6-2. The van der Waals surface area contributed by atoms with Crippen molar-refractivity contribution in [3.05, 3.63) is 23.7 Å². The SMILES string of the molecule is C/C=C(\OC1=CCC[C@@H](C(=O)[O-])[C@@H]1O)C(=O)[O-]. The molecule has 1 aliphatic rings. The lowest BCUT2D eigenvalue weighted by molar-refractivity contribution is -0.314. The van der Waals surface area contributed by atoms with Crippen molar-refractivity contribution in [2.75, 3.05) is 0 Å². The molecule has 1 rings (SSSR count). The van der Waals surface area contributed by atoms with Crippen LogP contribution in [0.5, 0.6) is 0 Å². The first-order chi connectivity index (χ1) is 7.97. The molecule has 6 nitrogen and oxygen atoms in total. The topological polar surface area (TPSA) is 110 Å². The van der Waals surface area contributed by atoms with E-state index in [2.05, 4.69) is 0 Å². The average Bonchev–Trinajstić information content (AvgIpc) is 2.26. The van der Waals surface area contributed by atoms with Gasteiger partial charge in [0.15, 0.2) is 0 Å². The third kappa shape index (κ3) is 3.07. The Morgan fingerprint density at radius 1 is 1.53 bits per heavy atom. The summed E-state index contributed by atoms with van der Waals surface area (Å²) in [5.41, 5.74) is 0. The Labute approximate surface area is 97.8 Å². The minimum Gasteiger partial charge on any atom is -0.550 e. The van der Waals surface area contributed by atoms with Gasteiger partial charge in [0.25, 0.3) is 0 Å². The van der Waals surface area contributed by atoms with E-state index in [1.165, 1.54) is 13.0 Å². The Morgan fingerprint density at radius 3 is 2.65 bits per heavy atom. The zero-order valence-electron chi connectivity index (χ0n) is 9.21. The monoisotopic (exact) mass is 240 g/mol. The van der Waals surface area contributed by atoms with Crippen molar-refractivity contribution >= 4 is 11.9 Å². The lowest BCUT2D eigenvalue weighted by Gasteiger charge is -2.29. The molecule has 1 aliphatic carbocycles. The van der Waals surface area contributed by atoms with E-state index >= 15 is 0 Å². The van der Waals surface area contributed by atoms with Crippen molar-refractivity contribution in [3.63, 3.8) is 0 Å². The van der Waals surface area contributed by atoms with Gasteiger partial charge >= 0.3 is 0 Å². The Kier molecular flexibility index (Phi) is 4.28. The van der Waals surface area contributed by atoms with Gasteiger partial charge in [0.1, 0.15) is 23.6 Å². The van der Waals surface area contributed by atoms with Crippen molar-refractivity contribution in [2.45, 2.75) is 25.9 Å². The van der Waals surface area contributed by atoms with E-state index in [1.54, 1.807) is 0 Å². The number of carboxylic acid groups (broad SMARTS) is 2. The minimum absolute atomic E-state index is 0.0947. The van der Waals surface area contributed by atoms with E-state index < -0.39 is 29.7 Å². The molecule has 94 valence electrons. The fourth-order valence-corrected chi connectivity index (χ4v) is 1.58. The van der Waals surface area contributed by atoms with E-state index in [4.69, 9.17) is 4.74 Å². The summed E-state index contributed by atoms with van der Waals surface area (Å²) in [5, 5.41) is 31.0. The highest BCUT2D eigenvalue weighted by Crippen LogP contribution is 2.26. The number of aliphatic hydroxyl groups is 1. The average molecular weight is 240 g/mol. The Balaban J connectivity index is 2.81. The molecule has 0 saturated carbocycles. The fourth-order valence-electron chi connectivity index (χ4n) is 1.58. The second-order valence-corrected chi connectivity index (χ2v) is 3.60. The number of allylic oxidation sites excluding steroid dienone is 2. The molecule has 0 radical (unpaired) electrons. The van der Waals surface area contributed by atoms with Gasteiger partial charge in [-0.05, 0) is 31.9 Å². The van der Waals surface area contributed by atoms with Gasteiger partial charge in [-0.25, -0.2) is 0 Å². The molecule has 0 heterocycles. The highest BCUT2D eigenvalue weighted by molar-refractivity contribution is 5.82. The molecule has 17 heavy (non-hydrogen) atoms. The predicted molar refractivity (Wildman–Crippen MR) is 51.7 cm³/mol. The minimum atomic E-state index is -1.53. The van der Waals surface area contributed by atoms with E-state index in [1.807, 2.05) is 0 Å². The third-order valence-corrected chi connectivity index (χ3v) is 2.49. The molecule has 0 unspecified atom stereocenters. The maximum atomic E-state index is 10.7. The number of ether oxygens (including phenoxy) is 1. The number of aliphatic carboxylic acids is 2. The number of carboxylic acids is 2. The molecule has 0 aromatic carbocycles. The summed E-state index contributed by atoms with van der Waals surface area (Å²) in [6.07, 6.45) is 1.81. The van der Waals surface area contributed by atoms with E-state index in [9.17, 15) is 24.9 Å². The van der Waals surface area contributed by atoms with Crippen LogP contribution in [0.25, 0.3) is 0 Å². The number of hydrogen-bond donors (Lipinski definition) is 1. The van der Waals surface area contributed by atoms with Crippen molar-refractivity contribution in [1.82, 2.24) is 0 Å². The Hall–Kier alpha value is -1.82. The predicted octanol–water partition coefficient (Wildman–Crippen LogP) is -1.94. The number of rotatable bonds is 4. The molecule has 0 spiro atoms. The lowest BCUT2D eigenvalue weighted by Crippen LogP contribution is -2.41. The molecular weight excluding hydrogens is 228 g/mol. The summed E-state index contributed by atoms with van der Waals surface area (Å²) in [7, 11) is 0. The molecule has 1 N–H and O–H groups in total. The first-order valence-corrected chi connectivity index (χ1v) is 5.11. The van der Waals surface area contributed by atoms with Crippen LogP contribution in [-0.4, -0.2) is 23.1 Å². The highest BCUT2D eigenvalue weighted by Gasteiger charge is 2.29. The lowest BCUT2D eigenvalue weighted by atomic mass is 9.90. The Bertz CT molecular complexity index is 381. The fraction of sp³-hybridized carbons (Fsp3) is 0.455. The first kappa shape index (κ1) is 13.2. The van der Waals surface area contributed by atoms with Crippen LogP contribution >= 0.6 is 0 Å². The van der Waals surface area contributed by atoms with E-state index in [0.29, 0.717) is 6.42 Å². The summed E-state index contributed by atoms with van der Waals surface area (Å²) >= 11 is 0. The molecule has 0 bridgehead atoms. The summed E-state index contributed by atoms with van der Waals surface area (Å²) in [6, 6.07) is 0. The number of carbonyl (C=O) groups is 2. The molecule has 0 fully saturated rings. The van der Waals surface area contributed by atoms with Crippen LogP contribution in [0.2, 0.25) is 0 Å². The Morgan fingerprint density at radius 2 is 2.18 bits per heavy atom. The van der Waals surface area contributed by atoms with Crippen LogP contribution in [0, 0.1) is 5.92 Å². The van der Waals surface area contributed by atoms with Crippen LogP contribution in [-0.2, 0) is 14.3 Å². The number of hydrogen-bond acceptors (Lipinski definition) is 6. The molecule has 0 aromatic heterocycles. The highest BCUT2D eigenvalue weighted by atomic mass is 16.5. The zero-order valence-corrected chi connectivity index (χ0v) is 9.21. The summed E-state index contributed by atoms with van der Waals surface area (Å²) in [4.78, 5) is 21.3. The second kappa shape index (κ2) is 5.49. The maximum Gasteiger partial charge on any atom is 0.145 e. The van der Waals surface area contributed by atoms with Gasteiger partial charge in [-0.15, -0.1) is 0 Å². The van der Waals surface area contributed by atoms with Crippen molar-refractivity contribution in [2.24, 2.45) is 5.92 Å². The van der Waals surface area contributed by atoms with Crippen LogP contribution in [0.3, 0.4) is 0 Å². The molecule has 6 heteroatoms. The van der Waals surface area contributed by atoms with E-state index in [-0.39, 0.29) is 12.2 Å². The van der Waals surface area contributed by atoms with Crippen molar-refractivity contribution in [1.29, 1.82) is 0 Å². The summed E-state index contributed by atoms with van der Waals surface area (Å²) in [5.74, 6) is -4.56. The second-order valence-electron chi connectivity index (χ2n) is 3.60. The van der Waals surface area contributed by atoms with E-state index in [0.717, 1.165) is 6.08 Å². The number of carbonyl (C=O) groups excluding carboxylic acids is 2. The van der Waals surface area contributed by atoms with Crippen LogP contribution in [0.1, 0.15) is 19.8 Å². The van der Waals surface area contributed by atoms with Crippen LogP contribution < -0.4 is 10.2 Å². The van der Waals surface area contributed by atoms with Gasteiger partial charge in [0, 0.05) is 11.9 Å². The largest absolute Gasteiger partial charge is 0.550 e. The smallest absolute Gasteiger partial charge is 0.145 e. The van der Waals surface area contributed by atoms with Gasteiger partial charge in [0.05, 0.1) is 0 Å². The van der Waals surface area contributed by atoms with Crippen molar-refractivity contribution < 1.29 is 29.6 Å². The van der Waals surface area contributed by atoms with Gasteiger partial charge in [-0.2, -0.15) is 0 Å². The molecule has 0 aliphatic heterocycles. The van der Waals surface area contributed by atoms with Gasteiger partial charge in [-0.3, -0.25) is 0 Å². The molecule has 0 aromatic rings. The van der Waals surface area contributed by atoms with Crippen LogP contribution in [0.15, 0.2) is 23.7 Å². The van der Waals surface area contributed by atoms with Gasteiger partial charge in [0.2, 0.25) is 0 Å².